The van der Waals surface area contributed by atoms with E-state index in [2.05, 4.69) is 10.0 Å². The zero-order valence-corrected chi connectivity index (χ0v) is 30.5. The van der Waals surface area contributed by atoms with Crippen molar-refractivity contribution in [3.8, 4) is 0 Å². The summed E-state index contributed by atoms with van der Waals surface area (Å²) in [7, 11) is 0. The highest BCUT2D eigenvalue weighted by atomic mass is 32.2. The Morgan fingerprint density at radius 2 is 1.49 bits per heavy atom. The van der Waals surface area contributed by atoms with Gasteiger partial charge in [-0.15, -0.1) is 23.5 Å². The van der Waals surface area contributed by atoms with Gasteiger partial charge in [-0.3, -0.25) is 28.9 Å². The molecule has 2 amide bonds. The molecule has 2 aromatic carbocycles. The molecule has 3 fully saturated rings. The maximum atomic E-state index is 14.0. The first kappa shape index (κ1) is 38.1. The average molecular weight is 769 g/mol. The molecular weight excluding hydrogens is 733 g/mol. The van der Waals surface area contributed by atoms with Gasteiger partial charge in [-0.1, -0.05) is 35.4 Å². The third kappa shape index (κ3) is 8.01. The summed E-state index contributed by atoms with van der Waals surface area (Å²) in [5, 5.41) is 4.04. The van der Waals surface area contributed by atoms with Crippen LogP contribution in [0.2, 0.25) is 0 Å². The van der Waals surface area contributed by atoms with Crippen molar-refractivity contribution in [3.05, 3.63) is 81.7 Å². The molecule has 0 unspecified atom stereocenters. The number of hydrogen-bond donors (Lipinski definition) is 0. The number of carbonyl (C=O) groups is 6. The Morgan fingerprint density at radius 3 is 2.08 bits per heavy atom. The Labute approximate surface area is 312 Å². The summed E-state index contributed by atoms with van der Waals surface area (Å²) in [5.74, 6) is -2.98. The molecule has 280 valence electrons. The Bertz CT molecular complexity index is 1780. The van der Waals surface area contributed by atoms with Crippen LogP contribution in [-0.4, -0.2) is 112 Å². The normalized spacial score (nSPS) is 28.8. The highest BCUT2D eigenvalue weighted by Crippen LogP contribution is 2.55. The summed E-state index contributed by atoms with van der Waals surface area (Å²) < 4.78 is 34.9. The van der Waals surface area contributed by atoms with Crippen molar-refractivity contribution in [2.24, 2.45) is 5.11 Å². The molecule has 16 nitrogen and oxygen atoms in total. The van der Waals surface area contributed by atoms with E-state index in [1.165, 1.54) is 35.7 Å². The minimum Gasteiger partial charge on any atom is -0.463 e. The average Bonchev–Trinajstić information content (AvgIpc) is 3.68. The van der Waals surface area contributed by atoms with Crippen LogP contribution in [0, 0.1) is 0 Å². The second-order valence-corrected chi connectivity index (χ2v) is 15.8. The monoisotopic (exact) mass is 768 g/mol. The number of hydrogen-bond acceptors (Lipinski definition) is 15. The second-order valence-electron chi connectivity index (χ2n) is 12.7. The summed E-state index contributed by atoms with van der Waals surface area (Å²) in [4.78, 5) is 82.2. The molecule has 6 rings (SSSR count). The molecule has 4 aliphatic rings. The number of rotatable bonds is 10. The number of esters is 4. The van der Waals surface area contributed by atoms with Gasteiger partial charge in [0, 0.05) is 43.6 Å². The highest BCUT2D eigenvalue weighted by Gasteiger charge is 2.60. The van der Waals surface area contributed by atoms with Gasteiger partial charge in [-0.25, -0.2) is 4.79 Å². The topological polar surface area (TPSA) is 210 Å². The lowest BCUT2D eigenvalue weighted by Gasteiger charge is -2.50. The largest absolute Gasteiger partial charge is 0.463 e. The molecule has 2 aromatic rings. The molecular formula is C35H36N4O12S2. The minimum atomic E-state index is -1.55. The van der Waals surface area contributed by atoms with Crippen LogP contribution in [-0.2, 0) is 42.8 Å². The number of amides is 2. The summed E-state index contributed by atoms with van der Waals surface area (Å²) in [6.07, 6.45) is -7.25. The van der Waals surface area contributed by atoms with E-state index in [1.54, 1.807) is 42.5 Å². The summed E-state index contributed by atoms with van der Waals surface area (Å²) in [6.45, 7) is 2.91. The third-order valence-corrected chi connectivity index (χ3v) is 12.7. The highest BCUT2D eigenvalue weighted by molar-refractivity contribution is 8.21. The van der Waals surface area contributed by atoms with Gasteiger partial charge in [0.1, 0.15) is 28.9 Å². The lowest BCUT2D eigenvalue weighted by molar-refractivity contribution is -0.298. The van der Waals surface area contributed by atoms with E-state index >= 15 is 0 Å². The van der Waals surface area contributed by atoms with Crippen LogP contribution in [0.5, 0.6) is 0 Å². The SMILES string of the molecule is CC(=O)OC[C@H]1O[C@H](O[C@@H]2C[C@@H](N=[N+]=[N-])[C@H](OC(=O)c3ccccc3)C3(C2)SCCS3)[C@H](N2C(=O)c3ccccc3C2=O)[C@@H](OC(C)=O)[C@@H]1OC(C)=O. The van der Waals surface area contributed by atoms with E-state index in [0.717, 1.165) is 25.7 Å². The predicted octanol–water partition coefficient (Wildman–Crippen LogP) is 4.06. The van der Waals surface area contributed by atoms with Gasteiger partial charge in [0.25, 0.3) is 11.8 Å². The number of carbonyl (C=O) groups excluding carboxylic acids is 6. The number of thioether (sulfide) groups is 2. The standard InChI is InChI=1S/C35H36N4O12S2/c1-18(40)46-17-26-28(47-19(2)41)29(48-20(3)42)27(39-31(43)23-11-7-8-12-24(23)32(39)44)34(50-26)49-22-15-25(37-38-36)30(35(16-22)52-13-14-53-35)51-33(45)21-9-5-4-6-10-21/h4-12,22,25-30,34H,13-17H2,1-3H3/t22-,25-,26-,27-,28-,29-,30+,34+/m1/s1. The van der Waals surface area contributed by atoms with Gasteiger partial charge >= 0.3 is 23.9 Å². The van der Waals surface area contributed by atoms with Crippen LogP contribution < -0.4 is 0 Å². The fraction of sp³-hybridized carbons (Fsp3) is 0.486. The van der Waals surface area contributed by atoms with Gasteiger partial charge in [-0.05, 0) is 36.2 Å². The smallest absolute Gasteiger partial charge is 0.338 e. The first-order chi connectivity index (χ1) is 25.4. The van der Waals surface area contributed by atoms with Crippen molar-refractivity contribution in [3.63, 3.8) is 0 Å². The molecule has 1 saturated carbocycles. The molecule has 2 saturated heterocycles. The van der Waals surface area contributed by atoms with Gasteiger partial charge < -0.3 is 28.4 Å². The van der Waals surface area contributed by atoms with Gasteiger partial charge in [0.05, 0.1) is 28.8 Å². The van der Waals surface area contributed by atoms with Crippen LogP contribution in [0.3, 0.4) is 0 Å². The Balaban J connectivity index is 1.39. The molecule has 8 atom stereocenters. The molecule has 0 N–H and O–H groups in total. The molecule has 1 spiro atoms. The number of azide groups is 1. The number of benzene rings is 2. The second kappa shape index (κ2) is 16.2. The minimum absolute atomic E-state index is 0.0224. The molecule has 0 aromatic heterocycles. The number of ether oxygens (including phenoxy) is 6. The first-order valence-corrected chi connectivity index (χ1v) is 18.7. The van der Waals surface area contributed by atoms with E-state index in [9.17, 15) is 34.3 Å². The van der Waals surface area contributed by atoms with Crippen molar-refractivity contribution in [2.75, 3.05) is 18.1 Å². The fourth-order valence-corrected chi connectivity index (χ4v) is 10.6. The number of imide groups is 1. The van der Waals surface area contributed by atoms with Gasteiger partial charge in [0.15, 0.2) is 18.5 Å². The van der Waals surface area contributed by atoms with E-state index < -0.39 is 95.3 Å². The van der Waals surface area contributed by atoms with Crippen molar-refractivity contribution < 1.29 is 57.2 Å². The molecule has 18 heteroatoms. The maximum absolute atomic E-state index is 14.0. The van der Waals surface area contributed by atoms with E-state index in [0.29, 0.717) is 17.1 Å². The lowest BCUT2D eigenvalue weighted by Crippen LogP contribution is -2.68. The molecule has 0 bridgehead atoms. The van der Waals surface area contributed by atoms with E-state index in [1.807, 2.05) is 0 Å². The first-order valence-electron chi connectivity index (χ1n) is 16.8. The van der Waals surface area contributed by atoms with Gasteiger partial charge in [0.2, 0.25) is 0 Å². The Morgan fingerprint density at radius 1 is 0.887 bits per heavy atom. The molecule has 3 heterocycles. The summed E-state index contributed by atoms with van der Waals surface area (Å²) >= 11 is 3.06. The van der Waals surface area contributed by atoms with Crippen LogP contribution in [0.25, 0.3) is 10.4 Å². The van der Waals surface area contributed by atoms with Crippen molar-refractivity contribution in [2.45, 2.75) is 86.6 Å². The quantitative estimate of drug-likeness (QED) is 0.0834. The zero-order chi connectivity index (χ0) is 37.9. The Kier molecular flexibility index (Phi) is 11.6. The Hall–Kier alpha value is -4.61. The lowest BCUT2D eigenvalue weighted by atomic mass is 9.88. The number of nitrogens with zero attached hydrogens (tertiary/aromatic N) is 4. The van der Waals surface area contributed by atoms with E-state index in [4.69, 9.17) is 28.4 Å². The summed E-state index contributed by atoms with van der Waals surface area (Å²) in [5.41, 5.74) is 10.1. The molecule has 53 heavy (non-hydrogen) atoms. The van der Waals surface area contributed by atoms with Gasteiger partial charge in [-0.2, -0.15) is 0 Å². The van der Waals surface area contributed by atoms with Crippen LogP contribution in [0.4, 0.5) is 0 Å². The van der Waals surface area contributed by atoms with Crippen molar-refractivity contribution in [1.29, 1.82) is 0 Å². The van der Waals surface area contributed by atoms with Crippen molar-refractivity contribution >= 4 is 59.2 Å². The van der Waals surface area contributed by atoms with Crippen molar-refractivity contribution in [1.82, 2.24) is 4.90 Å². The fourth-order valence-electron chi connectivity index (χ4n) is 7.10. The van der Waals surface area contributed by atoms with Crippen LogP contribution >= 0.6 is 23.5 Å². The third-order valence-electron chi connectivity index (χ3n) is 9.14. The molecule has 3 aliphatic heterocycles. The predicted molar refractivity (Wildman–Crippen MR) is 187 cm³/mol. The van der Waals surface area contributed by atoms with Crippen LogP contribution in [0.1, 0.15) is 64.7 Å². The molecule has 0 radical (unpaired) electrons. The summed E-state index contributed by atoms with van der Waals surface area (Å²) in [6, 6.07) is 12.1. The van der Waals surface area contributed by atoms with E-state index in [-0.39, 0.29) is 24.0 Å². The number of fused-ring (bicyclic) bond motifs is 1. The maximum Gasteiger partial charge on any atom is 0.338 e. The molecule has 1 aliphatic carbocycles. The zero-order valence-electron chi connectivity index (χ0n) is 28.9. The van der Waals surface area contributed by atoms with Crippen LogP contribution in [0.15, 0.2) is 59.7 Å².